The first-order valence-electron chi connectivity index (χ1n) is 10.0. The number of fused-ring (bicyclic) bond motifs is 1. The van der Waals surface area contributed by atoms with Gasteiger partial charge in [0.2, 0.25) is 0 Å². The summed E-state index contributed by atoms with van der Waals surface area (Å²) < 4.78 is 5.92. The fraction of sp³-hybridized carbons (Fsp3) is 0.478. The van der Waals surface area contributed by atoms with Gasteiger partial charge in [-0.15, -0.1) is 0 Å². The third-order valence-electron chi connectivity index (χ3n) is 6.72. The van der Waals surface area contributed by atoms with E-state index in [0.29, 0.717) is 17.6 Å². The molecule has 1 saturated heterocycles. The van der Waals surface area contributed by atoms with E-state index in [9.17, 15) is 0 Å². The second-order valence-electron chi connectivity index (χ2n) is 8.39. The van der Waals surface area contributed by atoms with Crippen LogP contribution in [0.1, 0.15) is 36.8 Å². The Morgan fingerprint density at radius 2 is 1.69 bits per heavy atom. The number of rotatable bonds is 7. The molecule has 3 heteroatoms. The number of piperidine rings is 1. The van der Waals surface area contributed by atoms with E-state index in [1.807, 2.05) is 6.07 Å². The molecule has 26 heavy (non-hydrogen) atoms. The SMILES string of the molecule is c1ccc(COc2ccc([C@]34C[C@@]3(NCC3CCNCC3)C4)cc2)cc1. The largest absolute Gasteiger partial charge is 0.489 e. The van der Waals surface area contributed by atoms with Crippen molar-refractivity contribution < 1.29 is 4.74 Å². The second-order valence-corrected chi connectivity index (χ2v) is 8.39. The summed E-state index contributed by atoms with van der Waals surface area (Å²) in [5.74, 6) is 1.82. The molecule has 0 aromatic heterocycles. The van der Waals surface area contributed by atoms with Crippen molar-refractivity contribution in [3.63, 3.8) is 0 Å². The van der Waals surface area contributed by atoms with Crippen molar-refractivity contribution in [2.24, 2.45) is 5.92 Å². The minimum absolute atomic E-state index is 0.421. The zero-order valence-corrected chi connectivity index (χ0v) is 15.3. The molecule has 0 spiro atoms. The van der Waals surface area contributed by atoms with Gasteiger partial charge in [0, 0.05) is 11.0 Å². The standard InChI is InChI=1S/C23H28N2O/c1-2-4-19(5-3-1)15-26-21-8-6-20(7-9-21)22-16-23(22,17-22)25-14-18-10-12-24-13-11-18/h1-9,18,24-25H,10-17H2/t22-,23-. The molecule has 5 rings (SSSR count). The summed E-state index contributed by atoms with van der Waals surface area (Å²) in [6.45, 7) is 4.21. The molecule has 2 N–H and O–H groups in total. The fourth-order valence-corrected chi connectivity index (χ4v) is 4.70. The van der Waals surface area contributed by atoms with E-state index in [1.54, 1.807) is 0 Å². The zero-order valence-electron chi connectivity index (χ0n) is 15.3. The van der Waals surface area contributed by atoms with Crippen molar-refractivity contribution in [1.82, 2.24) is 10.6 Å². The molecule has 0 radical (unpaired) electrons. The van der Waals surface area contributed by atoms with Crippen molar-refractivity contribution in [3.8, 4) is 5.75 Å². The molecule has 2 aromatic rings. The van der Waals surface area contributed by atoms with Crippen LogP contribution in [-0.4, -0.2) is 25.2 Å². The van der Waals surface area contributed by atoms with E-state index in [4.69, 9.17) is 4.74 Å². The molecule has 3 aliphatic rings. The number of benzene rings is 2. The molecule has 3 nitrogen and oxygen atoms in total. The van der Waals surface area contributed by atoms with Crippen LogP contribution in [0.2, 0.25) is 0 Å². The van der Waals surface area contributed by atoms with Crippen LogP contribution < -0.4 is 15.4 Å². The van der Waals surface area contributed by atoms with E-state index in [1.165, 1.54) is 56.4 Å². The number of hydrogen-bond donors (Lipinski definition) is 2. The van der Waals surface area contributed by atoms with Gasteiger partial charge in [0.1, 0.15) is 12.4 Å². The third-order valence-corrected chi connectivity index (χ3v) is 6.72. The third kappa shape index (κ3) is 2.93. The monoisotopic (exact) mass is 348 g/mol. The predicted molar refractivity (Wildman–Crippen MR) is 104 cm³/mol. The molecule has 1 aliphatic heterocycles. The topological polar surface area (TPSA) is 33.3 Å². The molecule has 2 saturated carbocycles. The van der Waals surface area contributed by atoms with E-state index >= 15 is 0 Å². The molecule has 3 fully saturated rings. The van der Waals surface area contributed by atoms with Crippen LogP contribution in [0.15, 0.2) is 54.6 Å². The highest BCUT2D eigenvalue weighted by Gasteiger charge is 2.83. The van der Waals surface area contributed by atoms with Gasteiger partial charge in [0.25, 0.3) is 0 Å². The highest BCUT2D eigenvalue weighted by Crippen LogP contribution is 2.78. The van der Waals surface area contributed by atoms with Crippen LogP contribution in [0.5, 0.6) is 5.75 Å². The molecule has 2 aliphatic carbocycles. The normalized spacial score (nSPS) is 29.8. The van der Waals surface area contributed by atoms with Gasteiger partial charge in [-0.1, -0.05) is 42.5 Å². The molecule has 0 unspecified atom stereocenters. The lowest BCUT2D eigenvalue weighted by Crippen LogP contribution is -2.36. The van der Waals surface area contributed by atoms with Gasteiger partial charge in [-0.25, -0.2) is 0 Å². The van der Waals surface area contributed by atoms with Crippen LogP contribution in [0.4, 0.5) is 0 Å². The minimum Gasteiger partial charge on any atom is -0.489 e. The average Bonchev–Trinajstić information content (AvgIpc) is 3.54. The maximum atomic E-state index is 5.92. The Hall–Kier alpha value is -1.84. The van der Waals surface area contributed by atoms with Crippen LogP contribution >= 0.6 is 0 Å². The Labute approximate surface area is 156 Å². The Morgan fingerprint density at radius 3 is 2.42 bits per heavy atom. The summed E-state index contributed by atoms with van der Waals surface area (Å²) in [4.78, 5) is 0. The molecular formula is C23H28N2O. The average molecular weight is 348 g/mol. The summed E-state index contributed by atoms with van der Waals surface area (Å²) >= 11 is 0. The predicted octanol–water partition coefficient (Wildman–Crippen LogP) is 3.64. The first kappa shape index (κ1) is 16.3. The molecular weight excluding hydrogens is 320 g/mol. The van der Waals surface area contributed by atoms with Gasteiger partial charge in [-0.2, -0.15) is 0 Å². The van der Waals surface area contributed by atoms with Crippen LogP contribution in [-0.2, 0) is 12.0 Å². The maximum Gasteiger partial charge on any atom is 0.119 e. The lowest BCUT2D eigenvalue weighted by molar-refractivity contribution is 0.306. The van der Waals surface area contributed by atoms with Gasteiger partial charge in [0.05, 0.1) is 0 Å². The highest BCUT2D eigenvalue weighted by atomic mass is 16.5. The summed E-state index contributed by atoms with van der Waals surface area (Å²) in [6, 6.07) is 19.2. The summed E-state index contributed by atoms with van der Waals surface area (Å²) in [5, 5.41) is 7.38. The quantitative estimate of drug-likeness (QED) is 0.801. The highest BCUT2D eigenvalue weighted by molar-refractivity contribution is 5.55. The molecule has 0 bridgehead atoms. The number of ether oxygens (including phenoxy) is 1. The first-order valence-corrected chi connectivity index (χ1v) is 10.0. The van der Waals surface area contributed by atoms with Crippen LogP contribution in [0.25, 0.3) is 0 Å². The van der Waals surface area contributed by atoms with Crippen LogP contribution in [0, 0.1) is 5.92 Å². The summed E-state index contributed by atoms with van der Waals surface area (Å²) in [6.07, 6.45) is 5.28. The van der Waals surface area contributed by atoms with Gasteiger partial charge >= 0.3 is 0 Å². The number of hydrogen-bond acceptors (Lipinski definition) is 3. The summed E-state index contributed by atoms with van der Waals surface area (Å²) in [7, 11) is 0. The second kappa shape index (κ2) is 6.40. The van der Waals surface area contributed by atoms with Gasteiger partial charge in [0.15, 0.2) is 0 Å². The minimum atomic E-state index is 0.421. The van der Waals surface area contributed by atoms with Gasteiger partial charge in [-0.05, 0) is 74.5 Å². The number of nitrogens with one attached hydrogen (secondary N) is 2. The summed E-state index contributed by atoms with van der Waals surface area (Å²) in [5.41, 5.74) is 3.55. The van der Waals surface area contributed by atoms with Gasteiger partial charge in [-0.3, -0.25) is 0 Å². The van der Waals surface area contributed by atoms with Crippen molar-refractivity contribution in [3.05, 3.63) is 65.7 Å². The first-order chi connectivity index (χ1) is 12.8. The fourth-order valence-electron chi connectivity index (χ4n) is 4.70. The lowest BCUT2D eigenvalue weighted by Gasteiger charge is -2.23. The van der Waals surface area contributed by atoms with Crippen molar-refractivity contribution in [2.75, 3.05) is 19.6 Å². The molecule has 2 aromatic carbocycles. The van der Waals surface area contributed by atoms with Crippen molar-refractivity contribution in [1.29, 1.82) is 0 Å². The Kier molecular flexibility index (Phi) is 4.02. The molecule has 136 valence electrons. The Bertz CT molecular complexity index is 744. The van der Waals surface area contributed by atoms with Crippen molar-refractivity contribution >= 4 is 0 Å². The van der Waals surface area contributed by atoms with Crippen LogP contribution in [0.3, 0.4) is 0 Å². The van der Waals surface area contributed by atoms with Crippen molar-refractivity contribution in [2.45, 2.75) is 43.2 Å². The molecule has 0 atom stereocenters. The lowest BCUT2D eigenvalue weighted by atomic mass is 9.98. The zero-order chi connectivity index (χ0) is 17.5. The van der Waals surface area contributed by atoms with E-state index in [0.717, 1.165) is 11.7 Å². The van der Waals surface area contributed by atoms with E-state index in [2.05, 4.69) is 59.2 Å². The molecule has 0 amide bonds. The molecule has 1 heterocycles. The van der Waals surface area contributed by atoms with E-state index < -0.39 is 0 Å². The van der Waals surface area contributed by atoms with E-state index in [-0.39, 0.29) is 0 Å². The maximum absolute atomic E-state index is 5.92. The Balaban J connectivity index is 1.15. The Morgan fingerprint density at radius 1 is 0.962 bits per heavy atom. The van der Waals surface area contributed by atoms with Gasteiger partial charge < -0.3 is 15.4 Å². The smallest absolute Gasteiger partial charge is 0.119 e.